The summed E-state index contributed by atoms with van der Waals surface area (Å²) in [6.07, 6.45) is 7.22. The quantitative estimate of drug-likeness (QED) is 0.423. The van der Waals surface area contributed by atoms with E-state index in [0.29, 0.717) is 5.69 Å². The van der Waals surface area contributed by atoms with E-state index >= 15 is 0 Å². The molecule has 1 aromatic heterocycles. The fourth-order valence-electron chi connectivity index (χ4n) is 4.53. The Morgan fingerprint density at radius 1 is 1.12 bits per heavy atom. The lowest BCUT2D eigenvalue weighted by Crippen LogP contribution is -2.29. The van der Waals surface area contributed by atoms with Crippen molar-refractivity contribution in [3.8, 4) is 0 Å². The third kappa shape index (κ3) is 6.26. The Bertz CT molecular complexity index is 1160. The number of ether oxygens (including phenoxy) is 1. The molecular weight excluding hydrogens is 424 g/mol. The number of carbonyl (C=O) groups excluding carboxylic acids is 1. The average Bonchev–Trinajstić information content (AvgIpc) is 3.20. The van der Waals surface area contributed by atoms with Gasteiger partial charge in [-0.2, -0.15) is 0 Å². The van der Waals surface area contributed by atoms with Crippen LogP contribution in [0.3, 0.4) is 0 Å². The number of fused-ring (bicyclic) bond motifs is 1. The molecule has 180 valence electrons. The summed E-state index contributed by atoms with van der Waals surface area (Å²) in [6, 6.07) is 14.6. The maximum absolute atomic E-state index is 12.1. The van der Waals surface area contributed by atoms with Crippen molar-refractivity contribution in [2.45, 2.75) is 59.1 Å². The van der Waals surface area contributed by atoms with Gasteiger partial charge < -0.3 is 9.30 Å². The van der Waals surface area contributed by atoms with Gasteiger partial charge in [0.05, 0.1) is 17.4 Å². The van der Waals surface area contributed by atoms with Crippen molar-refractivity contribution in [1.29, 1.82) is 0 Å². The Balaban J connectivity index is 1.28. The number of benzene rings is 2. The molecule has 0 saturated carbocycles. The van der Waals surface area contributed by atoms with Crippen LogP contribution in [0.5, 0.6) is 0 Å². The van der Waals surface area contributed by atoms with Gasteiger partial charge in [-0.15, -0.1) is 0 Å². The molecule has 1 N–H and O–H groups in total. The van der Waals surface area contributed by atoms with Gasteiger partial charge in [0.15, 0.2) is 0 Å². The molecule has 0 bridgehead atoms. The summed E-state index contributed by atoms with van der Waals surface area (Å²) in [5, 5.41) is 2.82. The maximum Gasteiger partial charge on any atom is 0.412 e. The van der Waals surface area contributed by atoms with E-state index in [1.54, 1.807) is 0 Å². The Morgan fingerprint density at radius 3 is 2.59 bits per heavy atom. The zero-order valence-electron chi connectivity index (χ0n) is 20.8. The molecule has 0 aliphatic carbocycles. The number of hydrogen-bond donors (Lipinski definition) is 1. The number of nitrogens with zero attached hydrogens (tertiary/aromatic N) is 3. The lowest BCUT2D eigenvalue weighted by molar-refractivity contribution is 0.0636. The Morgan fingerprint density at radius 2 is 1.88 bits per heavy atom. The molecule has 1 amide bonds. The molecule has 0 radical (unpaired) electrons. The zero-order valence-corrected chi connectivity index (χ0v) is 20.8. The summed E-state index contributed by atoms with van der Waals surface area (Å²) in [6.45, 7) is 11.8. The van der Waals surface area contributed by atoms with Crippen molar-refractivity contribution >= 4 is 28.4 Å². The molecule has 0 saturated heterocycles. The summed E-state index contributed by atoms with van der Waals surface area (Å²) in [5.41, 5.74) is 6.11. The largest absolute Gasteiger partial charge is 0.444 e. The molecule has 0 spiro atoms. The van der Waals surface area contributed by atoms with Gasteiger partial charge in [-0.05, 0) is 82.3 Å². The second-order valence-electron chi connectivity index (χ2n) is 10.1. The Kier molecular flexibility index (Phi) is 7.37. The van der Waals surface area contributed by atoms with Crippen molar-refractivity contribution < 1.29 is 9.53 Å². The number of unbranched alkanes of at least 4 members (excludes halogenated alkanes) is 1. The molecule has 2 heterocycles. The van der Waals surface area contributed by atoms with Gasteiger partial charge in [0, 0.05) is 25.3 Å². The van der Waals surface area contributed by atoms with E-state index in [9.17, 15) is 4.79 Å². The molecule has 0 fully saturated rings. The van der Waals surface area contributed by atoms with E-state index in [1.807, 2.05) is 39.2 Å². The number of nitrogens with one attached hydrogen (secondary N) is 1. The van der Waals surface area contributed by atoms with Gasteiger partial charge in [0.2, 0.25) is 0 Å². The van der Waals surface area contributed by atoms with Gasteiger partial charge in [0.1, 0.15) is 5.60 Å². The summed E-state index contributed by atoms with van der Waals surface area (Å²) in [4.78, 5) is 19.2. The molecule has 6 heteroatoms. The molecular formula is C28H36N4O2. The first kappa shape index (κ1) is 24.0. The van der Waals surface area contributed by atoms with Gasteiger partial charge in [-0.3, -0.25) is 10.2 Å². The first-order valence-corrected chi connectivity index (χ1v) is 12.2. The first-order valence-electron chi connectivity index (χ1n) is 12.2. The average molecular weight is 461 g/mol. The standard InChI is InChI=1S/C28H36N4O2/c1-21-18-24(30-27(33)34-28(2,3)4)19-25-26(21)32(20-29-25)15-9-8-14-31-16-12-23(13-17-31)22-10-6-5-7-11-22/h5-7,10-12,18-20H,8-9,13-17H2,1-4H3,(H,30,33). The SMILES string of the molecule is Cc1cc(NC(=O)OC(C)(C)C)cc2ncn(CCCCN3CC=C(c4ccccc4)CC3)c12. The highest BCUT2D eigenvalue weighted by Gasteiger charge is 2.17. The van der Waals surface area contributed by atoms with Gasteiger partial charge >= 0.3 is 6.09 Å². The predicted octanol–water partition coefficient (Wildman–Crippen LogP) is 6.26. The van der Waals surface area contributed by atoms with Crippen LogP contribution in [0, 0.1) is 6.92 Å². The highest BCUT2D eigenvalue weighted by molar-refractivity contribution is 5.90. The van der Waals surface area contributed by atoms with Crippen LogP contribution in [0.2, 0.25) is 0 Å². The van der Waals surface area contributed by atoms with Crippen molar-refractivity contribution in [2.75, 3.05) is 25.0 Å². The number of aryl methyl sites for hydroxylation is 2. The third-order valence-electron chi connectivity index (χ3n) is 6.11. The molecule has 6 nitrogen and oxygen atoms in total. The molecule has 1 aliphatic rings. The van der Waals surface area contributed by atoms with Crippen LogP contribution < -0.4 is 5.32 Å². The predicted molar refractivity (Wildman–Crippen MR) is 139 cm³/mol. The van der Waals surface area contributed by atoms with Gasteiger partial charge in [-0.25, -0.2) is 9.78 Å². The molecule has 0 atom stereocenters. The molecule has 4 rings (SSSR count). The number of aromatic nitrogens is 2. The van der Waals surface area contributed by atoms with Crippen LogP contribution in [0.1, 0.15) is 51.2 Å². The Hall–Kier alpha value is -3.12. The lowest BCUT2D eigenvalue weighted by atomic mass is 9.99. The van der Waals surface area contributed by atoms with Crippen LogP contribution in [-0.2, 0) is 11.3 Å². The van der Waals surface area contributed by atoms with Crippen molar-refractivity contribution in [1.82, 2.24) is 14.5 Å². The number of hydrogen-bond acceptors (Lipinski definition) is 4. The van der Waals surface area contributed by atoms with E-state index in [-0.39, 0.29) is 0 Å². The van der Waals surface area contributed by atoms with Gasteiger partial charge in [-0.1, -0.05) is 36.4 Å². The maximum atomic E-state index is 12.1. The molecule has 2 aromatic carbocycles. The molecule has 1 aliphatic heterocycles. The smallest absolute Gasteiger partial charge is 0.412 e. The van der Waals surface area contributed by atoms with E-state index in [2.05, 4.69) is 63.1 Å². The van der Waals surface area contributed by atoms with Crippen LogP contribution in [0.25, 0.3) is 16.6 Å². The summed E-state index contributed by atoms with van der Waals surface area (Å²) in [5.74, 6) is 0. The topological polar surface area (TPSA) is 59.4 Å². The van der Waals surface area contributed by atoms with Gasteiger partial charge in [0.25, 0.3) is 0 Å². The number of imidazole rings is 1. The van der Waals surface area contributed by atoms with E-state index in [4.69, 9.17) is 4.74 Å². The monoisotopic (exact) mass is 460 g/mol. The highest BCUT2D eigenvalue weighted by Crippen LogP contribution is 2.25. The van der Waals surface area contributed by atoms with Crippen LogP contribution >= 0.6 is 0 Å². The number of anilines is 1. The minimum atomic E-state index is -0.528. The molecule has 3 aromatic rings. The second-order valence-corrected chi connectivity index (χ2v) is 10.1. The number of rotatable bonds is 7. The summed E-state index contributed by atoms with van der Waals surface area (Å²) in [7, 11) is 0. The Labute approximate surface area is 202 Å². The lowest BCUT2D eigenvalue weighted by Gasteiger charge is -2.26. The van der Waals surface area contributed by atoms with Crippen molar-refractivity contribution in [3.05, 3.63) is 66.0 Å². The molecule has 34 heavy (non-hydrogen) atoms. The third-order valence-corrected chi connectivity index (χ3v) is 6.11. The van der Waals surface area contributed by atoms with Crippen molar-refractivity contribution in [3.63, 3.8) is 0 Å². The normalized spacial score (nSPS) is 14.8. The summed E-state index contributed by atoms with van der Waals surface area (Å²) >= 11 is 0. The zero-order chi connectivity index (χ0) is 24.1. The second kappa shape index (κ2) is 10.4. The number of carbonyl (C=O) groups is 1. The molecule has 0 unspecified atom stereocenters. The first-order chi connectivity index (χ1) is 16.3. The van der Waals surface area contributed by atoms with E-state index in [0.717, 1.165) is 62.0 Å². The van der Waals surface area contributed by atoms with Crippen LogP contribution in [0.15, 0.2) is 54.9 Å². The van der Waals surface area contributed by atoms with Crippen molar-refractivity contribution in [2.24, 2.45) is 0 Å². The van der Waals surface area contributed by atoms with E-state index in [1.165, 1.54) is 11.1 Å². The minimum Gasteiger partial charge on any atom is -0.444 e. The van der Waals surface area contributed by atoms with Crippen LogP contribution in [-0.4, -0.2) is 45.8 Å². The fraction of sp³-hybridized carbons (Fsp3) is 0.429. The fourth-order valence-corrected chi connectivity index (χ4v) is 4.53. The van der Waals surface area contributed by atoms with E-state index < -0.39 is 11.7 Å². The summed E-state index contributed by atoms with van der Waals surface area (Å²) < 4.78 is 7.59. The minimum absolute atomic E-state index is 0.450. The number of amides is 1. The highest BCUT2D eigenvalue weighted by atomic mass is 16.6. The van der Waals surface area contributed by atoms with Crippen LogP contribution in [0.4, 0.5) is 10.5 Å².